The fourth-order valence-electron chi connectivity index (χ4n) is 4.50. The molecule has 1 N–H and O–H groups in total. The van der Waals surface area contributed by atoms with E-state index in [2.05, 4.69) is 4.18 Å². The average molecular weight is 571 g/mol. The molecular weight excluding hydrogens is 544 g/mol. The largest absolute Gasteiger partial charge is 0.523 e. The number of benzene rings is 3. The van der Waals surface area contributed by atoms with Crippen molar-refractivity contribution in [3.8, 4) is 0 Å². The Hall–Kier alpha value is -2.87. The normalized spacial score (nSPS) is 24.4. The lowest BCUT2D eigenvalue weighted by Crippen LogP contribution is -2.59. The fourth-order valence-corrected chi connectivity index (χ4v) is 5.12. The molecule has 3 aromatic rings. The van der Waals surface area contributed by atoms with Crippen molar-refractivity contribution in [3.63, 3.8) is 0 Å². The first-order valence-electron chi connectivity index (χ1n) is 11.8. The smallest absolute Gasteiger partial charge is 0.385 e. The lowest BCUT2D eigenvalue weighted by molar-refractivity contribution is -0.285. The molecule has 1 saturated heterocycles. The van der Waals surface area contributed by atoms with Crippen molar-refractivity contribution < 1.29 is 49.5 Å². The van der Waals surface area contributed by atoms with E-state index in [1.165, 1.54) is 0 Å². The summed E-state index contributed by atoms with van der Waals surface area (Å²) in [6.07, 6.45) is -10.6. The molecular formula is C27H26F4O7S. The van der Waals surface area contributed by atoms with Crippen molar-refractivity contribution in [1.29, 1.82) is 0 Å². The summed E-state index contributed by atoms with van der Waals surface area (Å²) in [6.45, 7) is -0.585. The Morgan fingerprint density at radius 1 is 0.846 bits per heavy atom. The molecule has 1 aliphatic rings. The van der Waals surface area contributed by atoms with Gasteiger partial charge in [0, 0.05) is 7.11 Å². The van der Waals surface area contributed by atoms with Gasteiger partial charge in [0.25, 0.3) is 0 Å². The standard InChI is InChI=1S/C27H26F4O7S/c1-35-25-23(32)24(38-39(33,34)27(29,30)31)22(28)21(37-25)17-36-26(18-11-5-2-6-12-18,19-13-7-3-8-14-19)20-15-9-4-10-16-20/h2-16,21-25,32H,17H2,1H3/t21-,22+,23+,24+,25+/m1/s1. The Morgan fingerprint density at radius 3 is 1.67 bits per heavy atom. The molecule has 1 aliphatic heterocycles. The van der Waals surface area contributed by atoms with Crippen molar-refractivity contribution in [1.82, 2.24) is 0 Å². The summed E-state index contributed by atoms with van der Waals surface area (Å²) in [7, 11) is -5.19. The molecule has 0 bridgehead atoms. The minimum atomic E-state index is -6.24. The Balaban J connectivity index is 1.74. The molecule has 5 atom stereocenters. The molecule has 1 heterocycles. The van der Waals surface area contributed by atoms with E-state index in [4.69, 9.17) is 14.2 Å². The van der Waals surface area contributed by atoms with Crippen molar-refractivity contribution in [2.75, 3.05) is 13.7 Å². The van der Waals surface area contributed by atoms with Gasteiger partial charge in [0.2, 0.25) is 0 Å². The van der Waals surface area contributed by atoms with Gasteiger partial charge in [-0.1, -0.05) is 91.0 Å². The minimum Gasteiger partial charge on any atom is -0.385 e. The van der Waals surface area contributed by atoms with E-state index in [9.17, 15) is 26.7 Å². The topological polar surface area (TPSA) is 91.3 Å². The van der Waals surface area contributed by atoms with Crippen LogP contribution in [0.3, 0.4) is 0 Å². The molecule has 3 aromatic carbocycles. The molecule has 39 heavy (non-hydrogen) atoms. The first-order valence-corrected chi connectivity index (χ1v) is 13.2. The van der Waals surface area contributed by atoms with E-state index in [0.29, 0.717) is 16.7 Å². The van der Waals surface area contributed by atoms with E-state index in [-0.39, 0.29) is 0 Å². The van der Waals surface area contributed by atoms with Gasteiger partial charge in [-0.2, -0.15) is 21.6 Å². The summed E-state index contributed by atoms with van der Waals surface area (Å²) < 4.78 is 98.8. The predicted octanol–water partition coefficient (Wildman–Crippen LogP) is 4.30. The molecule has 0 aliphatic carbocycles. The quantitative estimate of drug-likeness (QED) is 0.178. The Morgan fingerprint density at radius 2 is 1.28 bits per heavy atom. The van der Waals surface area contributed by atoms with Crippen LogP contribution in [0.5, 0.6) is 0 Å². The maximum Gasteiger partial charge on any atom is 0.523 e. The van der Waals surface area contributed by atoms with Crippen LogP contribution in [0.25, 0.3) is 0 Å². The number of methoxy groups -OCH3 is 1. The molecule has 0 aromatic heterocycles. The summed E-state index contributed by atoms with van der Waals surface area (Å²) in [5, 5.41) is 10.3. The van der Waals surface area contributed by atoms with Crippen molar-refractivity contribution in [2.24, 2.45) is 0 Å². The van der Waals surface area contributed by atoms with E-state index >= 15 is 4.39 Å². The van der Waals surface area contributed by atoms with Gasteiger partial charge in [-0.25, -0.2) is 4.39 Å². The van der Waals surface area contributed by atoms with E-state index in [0.717, 1.165) is 7.11 Å². The van der Waals surface area contributed by atoms with Crippen LogP contribution in [-0.2, 0) is 34.1 Å². The van der Waals surface area contributed by atoms with Crippen molar-refractivity contribution in [3.05, 3.63) is 108 Å². The predicted molar refractivity (Wildman–Crippen MR) is 132 cm³/mol. The van der Waals surface area contributed by atoms with Gasteiger partial charge >= 0.3 is 15.6 Å². The van der Waals surface area contributed by atoms with Gasteiger partial charge in [-0.15, -0.1) is 0 Å². The minimum absolute atomic E-state index is 0.585. The van der Waals surface area contributed by atoms with Crippen LogP contribution in [0.2, 0.25) is 0 Å². The molecule has 12 heteroatoms. The maximum atomic E-state index is 15.6. The number of alkyl halides is 4. The van der Waals surface area contributed by atoms with Crippen molar-refractivity contribution in [2.45, 2.75) is 41.9 Å². The van der Waals surface area contributed by atoms with E-state index < -0.39 is 58.6 Å². The molecule has 1 fully saturated rings. The monoisotopic (exact) mass is 570 g/mol. The number of rotatable bonds is 9. The number of hydrogen-bond donors (Lipinski definition) is 1. The second-order valence-corrected chi connectivity index (χ2v) is 10.3. The zero-order valence-electron chi connectivity index (χ0n) is 20.6. The second kappa shape index (κ2) is 11.7. The average Bonchev–Trinajstić information content (AvgIpc) is 2.93. The fraction of sp³-hybridized carbons (Fsp3) is 0.333. The molecule has 0 radical (unpaired) electrons. The van der Waals surface area contributed by atoms with Gasteiger partial charge in [0.1, 0.15) is 23.9 Å². The number of halogens is 4. The van der Waals surface area contributed by atoms with Crippen LogP contribution in [0.4, 0.5) is 17.6 Å². The SMILES string of the molecule is CO[C@H]1O[C@H](COC(c2ccccc2)(c2ccccc2)c2ccccc2)[C@H](F)[C@H](OS(=O)(=O)C(F)(F)F)[C@@H]1O. The Bertz CT molecular complexity index is 1210. The lowest BCUT2D eigenvalue weighted by Gasteiger charge is -2.42. The summed E-state index contributed by atoms with van der Waals surface area (Å²) >= 11 is 0. The lowest BCUT2D eigenvalue weighted by atomic mass is 9.80. The van der Waals surface area contributed by atoms with E-state index in [1.807, 2.05) is 0 Å². The molecule has 0 spiro atoms. The van der Waals surface area contributed by atoms with Crippen LogP contribution in [0.1, 0.15) is 16.7 Å². The highest BCUT2D eigenvalue weighted by molar-refractivity contribution is 7.87. The third-order valence-electron chi connectivity index (χ3n) is 6.35. The zero-order chi connectivity index (χ0) is 28.3. The van der Waals surface area contributed by atoms with Gasteiger partial charge in [0.05, 0.1) is 6.61 Å². The second-order valence-electron chi connectivity index (χ2n) is 8.76. The van der Waals surface area contributed by atoms with Crippen molar-refractivity contribution >= 4 is 10.1 Å². The third-order valence-corrected chi connectivity index (χ3v) is 7.39. The highest BCUT2D eigenvalue weighted by Crippen LogP contribution is 2.41. The van der Waals surface area contributed by atoms with Crippen LogP contribution < -0.4 is 0 Å². The molecule has 7 nitrogen and oxygen atoms in total. The number of hydrogen-bond acceptors (Lipinski definition) is 7. The molecule has 0 unspecified atom stereocenters. The van der Waals surface area contributed by atoms with E-state index in [1.54, 1.807) is 91.0 Å². The molecule has 210 valence electrons. The third kappa shape index (κ3) is 5.86. The van der Waals surface area contributed by atoms with Gasteiger partial charge in [0.15, 0.2) is 12.5 Å². The Kier molecular flexibility index (Phi) is 8.74. The van der Waals surface area contributed by atoms with Crippen LogP contribution in [-0.4, -0.2) is 63.5 Å². The summed E-state index contributed by atoms with van der Waals surface area (Å²) in [4.78, 5) is 0. The summed E-state index contributed by atoms with van der Waals surface area (Å²) in [5.41, 5.74) is -5.19. The molecule has 0 amide bonds. The molecule has 4 rings (SSSR count). The number of aliphatic hydroxyl groups excluding tert-OH is 1. The Labute approximate surface area is 223 Å². The van der Waals surface area contributed by atoms with Gasteiger partial charge in [-0.05, 0) is 16.7 Å². The van der Waals surface area contributed by atoms with Crippen LogP contribution in [0.15, 0.2) is 91.0 Å². The first kappa shape index (κ1) is 29.1. The highest BCUT2D eigenvalue weighted by atomic mass is 32.2. The van der Waals surface area contributed by atoms with Gasteiger partial charge < -0.3 is 19.3 Å². The van der Waals surface area contributed by atoms with Crippen LogP contribution in [0, 0.1) is 0 Å². The zero-order valence-corrected chi connectivity index (χ0v) is 21.4. The maximum absolute atomic E-state index is 15.6. The van der Waals surface area contributed by atoms with Gasteiger partial charge in [-0.3, -0.25) is 4.18 Å². The molecule has 0 saturated carbocycles. The van der Waals surface area contributed by atoms with Crippen LogP contribution >= 0.6 is 0 Å². The highest BCUT2D eigenvalue weighted by Gasteiger charge is 2.55. The number of ether oxygens (including phenoxy) is 3. The summed E-state index contributed by atoms with van der Waals surface area (Å²) in [5.74, 6) is 0. The summed E-state index contributed by atoms with van der Waals surface area (Å²) in [6, 6.07) is 27.0. The number of aliphatic hydroxyl groups is 1. The first-order chi connectivity index (χ1) is 18.5.